The molecule has 0 aliphatic rings. The highest BCUT2D eigenvalue weighted by Gasteiger charge is 2.08. The van der Waals surface area contributed by atoms with Crippen LogP contribution >= 0.6 is 11.8 Å². The van der Waals surface area contributed by atoms with Crippen LogP contribution in [0.25, 0.3) is 16.7 Å². The molecule has 0 aromatic heterocycles. The van der Waals surface area contributed by atoms with Crippen LogP contribution in [0.2, 0.25) is 0 Å². The number of hydrogen-bond donors (Lipinski definition) is 1. The number of methoxy groups -OCH3 is 1. The Morgan fingerprint density at radius 2 is 1.50 bits per heavy atom. The van der Waals surface area contributed by atoms with Crippen molar-refractivity contribution in [3.63, 3.8) is 0 Å². The summed E-state index contributed by atoms with van der Waals surface area (Å²) in [5.74, 6) is 1.21. The summed E-state index contributed by atoms with van der Waals surface area (Å²) in [5.41, 5.74) is 6.72. The summed E-state index contributed by atoms with van der Waals surface area (Å²) in [4.78, 5) is 11.9. The molecule has 182 valence electrons. The Hall–Kier alpha value is -3.96. The Balaban J connectivity index is 1.55. The predicted octanol–water partition coefficient (Wildman–Crippen LogP) is 7.36. The fourth-order valence-electron chi connectivity index (χ4n) is 3.88. The minimum absolute atomic E-state index is 0.343. The predicted molar refractivity (Wildman–Crippen MR) is 147 cm³/mol. The van der Waals surface area contributed by atoms with Crippen LogP contribution in [0.5, 0.6) is 11.5 Å². The third kappa shape index (κ3) is 6.58. The average molecular weight is 497 g/mol. The van der Waals surface area contributed by atoms with E-state index in [1.165, 1.54) is 11.1 Å². The second-order valence-electron chi connectivity index (χ2n) is 8.21. The van der Waals surface area contributed by atoms with E-state index in [0.29, 0.717) is 5.75 Å². The standard InChI is InChI=1S/C31H28O4S/c1-22-20-28(16-17-30(22)35-21-31(32)33)36-19-18-29(26-12-14-27(34-2)15-13-26)25-10-8-24(9-11-25)23-6-4-3-5-7-23/h3-18,20H,19,21H2,1-2H3,(H,32,33)/b29-18-. The van der Waals surface area contributed by atoms with Gasteiger partial charge in [-0.2, -0.15) is 0 Å². The van der Waals surface area contributed by atoms with E-state index in [9.17, 15) is 4.79 Å². The van der Waals surface area contributed by atoms with Gasteiger partial charge in [-0.3, -0.25) is 0 Å². The second-order valence-corrected chi connectivity index (χ2v) is 9.30. The molecule has 4 aromatic carbocycles. The highest BCUT2D eigenvalue weighted by Crippen LogP contribution is 2.30. The van der Waals surface area contributed by atoms with Crippen LogP contribution in [-0.2, 0) is 4.79 Å². The van der Waals surface area contributed by atoms with E-state index in [4.69, 9.17) is 14.6 Å². The van der Waals surface area contributed by atoms with Crippen LogP contribution in [0.15, 0.2) is 108 Å². The molecular weight excluding hydrogens is 468 g/mol. The van der Waals surface area contributed by atoms with Gasteiger partial charge in [0.1, 0.15) is 11.5 Å². The molecule has 0 unspecified atom stereocenters. The van der Waals surface area contributed by atoms with Gasteiger partial charge < -0.3 is 14.6 Å². The normalized spacial score (nSPS) is 11.2. The van der Waals surface area contributed by atoms with Crippen LogP contribution in [-0.4, -0.2) is 30.5 Å². The first-order valence-corrected chi connectivity index (χ1v) is 12.6. The van der Waals surface area contributed by atoms with Crippen molar-refractivity contribution in [3.05, 3.63) is 120 Å². The van der Waals surface area contributed by atoms with Gasteiger partial charge >= 0.3 is 5.97 Å². The van der Waals surface area contributed by atoms with Crippen LogP contribution in [0.1, 0.15) is 16.7 Å². The molecule has 0 radical (unpaired) electrons. The molecule has 36 heavy (non-hydrogen) atoms. The van der Waals surface area contributed by atoms with Crippen LogP contribution in [0, 0.1) is 6.92 Å². The molecule has 1 N–H and O–H groups in total. The largest absolute Gasteiger partial charge is 0.497 e. The maximum atomic E-state index is 10.8. The number of benzene rings is 4. The van der Waals surface area contributed by atoms with Crippen molar-refractivity contribution in [2.45, 2.75) is 11.8 Å². The Labute approximate surface area is 216 Å². The summed E-state index contributed by atoms with van der Waals surface area (Å²) in [5, 5.41) is 8.84. The molecule has 0 aliphatic heterocycles. The first-order valence-electron chi connectivity index (χ1n) is 11.6. The Bertz CT molecular complexity index is 1330. The minimum Gasteiger partial charge on any atom is -0.497 e. The zero-order valence-corrected chi connectivity index (χ0v) is 21.1. The number of aliphatic carboxylic acids is 1. The van der Waals surface area contributed by atoms with Crippen LogP contribution in [0.3, 0.4) is 0 Å². The summed E-state index contributed by atoms with van der Waals surface area (Å²) >= 11 is 1.72. The van der Waals surface area contributed by atoms with Gasteiger partial charge in [-0.1, -0.05) is 72.8 Å². The van der Waals surface area contributed by atoms with E-state index in [-0.39, 0.29) is 6.61 Å². The molecule has 0 spiro atoms. The fourth-order valence-corrected chi connectivity index (χ4v) is 4.75. The quantitative estimate of drug-likeness (QED) is 0.233. The van der Waals surface area contributed by atoms with Gasteiger partial charge in [0, 0.05) is 10.6 Å². The lowest BCUT2D eigenvalue weighted by atomic mass is 9.95. The van der Waals surface area contributed by atoms with Gasteiger partial charge in [-0.25, -0.2) is 4.79 Å². The molecule has 0 fully saturated rings. The number of aryl methyl sites for hydroxylation is 1. The van der Waals surface area contributed by atoms with Crippen molar-refractivity contribution in [3.8, 4) is 22.6 Å². The second kappa shape index (κ2) is 12.1. The summed E-state index contributed by atoms with van der Waals surface area (Å²) in [6, 6.07) is 33.0. The lowest BCUT2D eigenvalue weighted by Gasteiger charge is -2.12. The van der Waals surface area contributed by atoms with E-state index >= 15 is 0 Å². The molecule has 4 rings (SSSR count). The molecule has 0 heterocycles. The summed E-state index contributed by atoms with van der Waals surface area (Å²) < 4.78 is 10.7. The van der Waals surface area contributed by atoms with Crippen molar-refractivity contribution in [2.75, 3.05) is 19.5 Å². The molecule has 0 amide bonds. The maximum absolute atomic E-state index is 10.8. The lowest BCUT2D eigenvalue weighted by Crippen LogP contribution is -2.09. The molecule has 0 atom stereocenters. The van der Waals surface area contributed by atoms with E-state index in [1.54, 1.807) is 18.9 Å². The Morgan fingerprint density at radius 1 is 0.861 bits per heavy atom. The van der Waals surface area contributed by atoms with E-state index < -0.39 is 5.97 Å². The first-order chi connectivity index (χ1) is 17.5. The first kappa shape index (κ1) is 25.1. The van der Waals surface area contributed by atoms with Gasteiger partial charge in [0.25, 0.3) is 0 Å². The SMILES string of the molecule is COc1ccc(/C(=C\CSc2ccc(OCC(=O)O)c(C)c2)c2ccc(-c3ccccc3)cc2)cc1. The number of hydrogen-bond acceptors (Lipinski definition) is 4. The van der Waals surface area contributed by atoms with E-state index in [1.807, 2.05) is 43.3 Å². The molecule has 0 saturated carbocycles. The Kier molecular flexibility index (Phi) is 8.48. The number of carboxylic acid groups (broad SMARTS) is 1. The molecule has 0 aliphatic carbocycles. The van der Waals surface area contributed by atoms with Gasteiger partial charge in [0.2, 0.25) is 0 Å². The molecule has 0 saturated heterocycles. The average Bonchev–Trinajstić information content (AvgIpc) is 2.91. The smallest absolute Gasteiger partial charge is 0.341 e. The van der Waals surface area contributed by atoms with Gasteiger partial charge in [-0.15, -0.1) is 11.8 Å². The maximum Gasteiger partial charge on any atom is 0.341 e. The zero-order chi connectivity index (χ0) is 25.3. The van der Waals surface area contributed by atoms with Crippen molar-refractivity contribution in [1.82, 2.24) is 0 Å². The molecule has 5 heteroatoms. The van der Waals surface area contributed by atoms with Crippen molar-refractivity contribution in [1.29, 1.82) is 0 Å². The topological polar surface area (TPSA) is 55.8 Å². The third-order valence-corrected chi connectivity index (χ3v) is 6.66. The van der Waals surface area contributed by atoms with Crippen molar-refractivity contribution < 1.29 is 19.4 Å². The number of carboxylic acids is 1. The van der Waals surface area contributed by atoms with Crippen LogP contribution < -0.4 is 9.47 Å². The summed E-state index contributed by atoms with van der Waals surface area (Å²) in [7, 11) is 1.67. The fraction of sp³-hybridized carbons (Fsp3) is 0.129. The van der Waals surface area contributed by atoms with Crippen LogP contribution in [0.4, 0.5) is 0 Å². The van der Waals surface area contributed by atoms with Crippen molar-refractivity contribution in [2.24, 2.45) is 0 Å². The number of carbonyl (C=O) groups is 1. The van der Waals surface area contributed by atoms with E-state index in [2.05, 4.69) is 66.7 Å². The highest BCUT2D eigenvalue weighted by molar-refractivity contribution is 7.99. The van der Waals surface area contributed by atoms with E-state index in [0.717, 1.165) is 38.7 Å². The minimum atomic E-state index is -0.985. The monoisotopic (exact) mass is 496 g/mol. The van der Waals surface area contributed by atoms with Crippen molar-refractivity contribution >= 4 is 23.3 Å². The number of rotatable bonds is 10. The summed E-state index contributed by atoms with van der Waals surface area (Å²) in [6.07, 6.45) is 2.24. The molecular formula is C31H28O4S. The molecule has 4 nitrogen and oxygen atoms in total. The molecule has 4 aromatic rings. The molecule has 0 bridgehead atoms. The van der Waals surface area contributed by atoms with Gasteiger partial charge in [0.15, 0.2) is 6.61 Å². The number of thioether (sulfide) groups is 1. The van der Waals surface area contributed by atoms with Gasteiger partial charge in [-0.05, 0) is 70.6 Å². The summed E-state index contributed by atoms with van der Waals surface area (Å²) in [6.45, 7) is 1.58. The number of ether oxygens (including phenoxy) is 2. The van der Waals surface area contributed by atoms with Gasteiger partial charge in [0.05, 0.1) is 7.11 Å². The third-order valence-electron chi connectivity index (χ3n) is 5.74. The Morgan fingerprint density at radius 3 is 2.11 bits per heavy atom. The zero-order valence-electron chi connectivity index (χ0n) is 20.3. The lowest BCUT2D eigenvalue weighted by molar-refractivity contribution is -0.139. The highest BCUT2D eigenvalue weighted by atomic mass is 32.2.